The summed E-state index contributed by atoms with van der Waals surface area (Å²) in [6.07, 6.45) is 2.04. The van der Waals surface area contributed by atoms with Gasteiger partial charge in [0.15, 0.2) is 0 Å². The minimum absolute atomic E-state index is 0.107. The molecule has 0 aromatic heterocycles. The Labute approximate surface area is 117 Å². The predicted molar refractivity (Wildman–Crippen MR) is 75.4 cm³/mol. The van der Waals surface area contributed by atoms with Gasteiger partial charge in [0, 0.05) is 11.6 Å². The van der Waals surface area contributed by atoms with E-state index in [0.29, 0.717) is 0 Å². The van der Waals surface area contributed by atoms with Gasteiger partial charge >= 0.3 is 0 Å². The fraction of sp³-hybridized carbons (Fsp3) is 0.294. The van der Waals surface area contributed by atoms with Gasteiger partial charge in [0.25, 0.3) is 0 Å². The fourth-order valence-corrected chi connectivity index (χ4v) is 3.03. The molecule has 1 atom stereocenters. The summed E-state index contributed by atoms with van der Waals surface area (Å²) in [5.74, 6) is -0.752. The molecule has 0 saturated carbocycles. The maximum Gasteiger partial charge on any atom is 0.129 e. The van der Waals surface area contributed by atoms with Gasteiger partial charge in [0.05, 0.1) is 0 Å². The zero-order valence-corrected chi connectivity index (χ0v) is 11.2. The smallest absolute Gasteiger partial charge is 0.129 e. The van der Waals surface area contributed by atoms with Crippen molar-refractivity contribution in [3.8, 4) is 0 Å². The number of rotatable bonds is 3. The van der Waals surface area contributed by atoms with Crippen molar-refractivity contribution < 1.29 is 8.78 Å². The van der Waals surface area contributed by atoms with Crippen molar-refractivity contribution in [3.05, 3.63) is 70.8 Å². The Kier molecular flexibility index (Phi) is 3.53. The highest BCUT2D eigenvalue weighted by molar-refractivity contribution is 5.33. The third-order valence-corrected chi connectivity index (χ3v) is 4.19. The Bertz CT molecular complexity index is 579. The van der Waals surface area contributed by atoms with Crippen LogP contribution in [0.25, 0.3) is 0 Å². The standard InChI is InChI=1S/C17H17F2N/c18-15-6-3-7-16(19)14(15)10-17(20)13-8-11-4-1-2-5-12(11)9-13/h1-7,13,17H,8-10,20H2. The third kappa shape index (κ3) is 2.46. The molecular formula is C17H17F2N. The number of halogens is 2. The molecule has 3 heteroatoms. The van der Waals surface area contributed by atoms with Crippen molar-refractivity contribution in [1.82, 2.24) is 0 Å². The zero-order valence-electron chi connectivity index (χ0n) is 11.2. The first-order valence-corrected chi connectivity index (χ1v) is 6.90. The van der Waals surface area contributed by atoms with Crippen LogP contribution in [0, 0.1) is 17.6 Å². The van der Waals surface area contributed by atoms with Gasteiger partial charge in [-0.2, -0.15) is 0 Å². The van der Waals surface area contributed by atoms with Crippen LogP contribution in [0.1, 0.15) is 16.7 Å². The van der Waals surface area contributed by atoms with E-state index in [1.54, 1.807) is 0 Å². The van der Waals surface area contributed by atoms with Crippen LogP contribution in [0.3, 0.4) is 0 Å². The molecule has 2 N–H and O–H groups in total. The average Bonchev–Trinajstić information content (AvgIpc) is 2.87. The van der Waals surface area contributed by atoms with Crippen LogP contribution in [-0.2, 0) is 19.3 Å². The van der Waals surface area contributed by atoms with Crippen LogP contribution in [0.2, 0.25) is 0 Å². The SMILES string of the molecule is NC(Cc1c(F)cccc1F)C1Cc2ccccc2C1. The summed E-state index contributed by atoms with van der Waals surface area (Å²) in [4.78, 5) is 0. The molecule has 2 aromatic rings. The van der Waals surface area contributed by atoms with Crippen molar-refractivity contribution in [2.24, 2.45) is 11.7 Å². The van der Waals surface area contributed by atoms with Crippen LogP contribution in [0.5, 0.6) is 0 Å². The molecule has 0 fully saturated rings. The van der Waals surface area contributed by atoms with Gasteiger partial charge in [-0.15, -0.1) is 0 Å². The Morgan fingerprint density at radius 1 is 0.950 bits per heavy atom. The Morgan fingerprint density at radius 2 is 1.50 bits per heavy atom. The first-order valence-electron chi connectivity index (χ1n) is 6.90. The summed E-state index contributed by atoms with van der Waals surface area (Å²) in [7, 11) is 0. The van der Waals surface area contributed by atoms with E-state index in [9.17, 15) is 8.78 Å². The van der Waals surface area contributed by atoms with Crippen molar-refractivity contribution in [3.63, 3.8) is 0 Å². The Hall–Kier alpha value is -1.74. The highest BCUT2D eigenvalue weighted by Gasteiger charge is 2.27. The number of hydrogen-bond donors (Lipinski definition) is 1. The van der Waals surface area contributed by atoms with E-state index in [1.807, 2.05) is 12.1 Å². The molecular weight excluding hydrogens is 256 g/mol. The lowest BCUT2D eigenvalue weighted by atomic mass is 9.91. The molecule has 1 unspecified atom stereocenters. The molecule has 1 aliphatic carbocycles. The van der Waals surface area contributed by atoms with Crippen LogP contribution < -0.4 is 5.73 Å². The van der Waals surface area contributed by atoms with Crippen LogP contribution in [0.15, 0.2) is 42.5 Å². The zero-order chi connectivity index (χ0) is 14.1. The molecule has 1 aliphatic rings. The van der Waals surface area contributed by atoms with E-state index < -0.39 is 11.6 Å². The number of hydrogen-bond acceptors (Lipinski definition) is 1. The molecule has 0 aliphatic heterocycles. The van der Waals surface area contributed by atoms with Crippen LogP contribution >= 0.6 is 0 Å². The van der Waals surface area contributed by atoms with Gasteiger partial charge in [-0.1, -0.05) is 30.3 Å². The van der Waals surface area contributed by atoms with E-state index >= 15 is 0 Å². The van der Waals surface area contributed by atoms with Gasteiger partial charge in [0.2, 0.25) is 0 Å². The predicted octanol–water partition coefficient (Wildman–Crippen LogP) is 3.25. The average molecular weight is 273 g/mol. The highest BCUT2D eigenvalue weighted by atomic mass is 19.1. The van der Waals surface area contributed by atoms with Gasteiger partial charge < -0.3 is 5.73 Å². The molecule has 0 bridgehead atoms. The van der Waals surface area contributed by atoms with Crippen LogP contribution in [0.4, 0.5) is 8.78 Å². The lowest BCUT2D eigenvalue weighted by Gasteiger charge is -2.19. The topological polar surface area (TPSA) is 26.0 Å². The second-order valence-electron chi connectivity index (χ2n) is 5.51. The van der Waals surface area contributed by atoms with Crippen molar-refractivity contribution >= 4 is 0 Å². The fourth-order valence-electron chi connectivity index (χ4n) is 3.03. The van der Waals surface area contributed by atoms with Gasteiger partial charge in [-0.25, -0.2) is 8.78 Å². The summed E-state index contributed by atoms with van der Waals surface area (Å²) < 4.78 is 27.3. The molecule has 0 heterocycles. The molecule has 3 rings (SSSR count). The van der Waals surface area contributed by atoms with Crippen LogP contribution in [-0.4, -0.2) is 6.04 Å². The summed E-state index contributed by atoms with van der Waals surface area (Å²) in [5.41, 5.74) is 8.92. The largest absolute Gasteiger partial charge is 0.327 e. The van der Waals surface area contributed by atoms with E-state index in [4.69, 9.17) is 5.73 Å². The van der Waals surface area contributed by atoms with E-state index in [0.717, 1.165) is 12.8 Å². The summed E-state index contributed by atoms with van der Waals surface area (Å²) in [6, 6.07) is 12.0. The second kappa shape index (κ2) is 5.33. The molecule has 0 saturated heterocycles. The van der Waals surface area contributed by atoms with Gasteiger partial charge in [-0.05, 0) is 48.4 Å². The van der Waals surface area contributed by atoms with E-state index in [2.05, 4.69) is 12.1 Å². The maximum atomic E-state index is 13.7. The third-order valence-electron chi connectivity index (χ3n) is 4.19. The normalized spacial score (nSPS) is 16.1. The summed E-state index contributed by atoms with van der Waals surface area (Å²) >= 11 is 0. The summed E-state index contributed by atoms with van der Waals surface area (Å²) in [5, 5.41) is 0. The van der Waals surface area contributed by atoms with Crippen molar-refractivity contribution in [1.29, 1.82) is 0 Å². The maximum absolute atomic E-state index is 13.7. The summed E-state index contributed by atoms with van der Waals surface area (Å²) in [6.45, 7) is 0. The molecule has 0 spiro atoms. The lowest BCUT2D eigenvalue weighted by molar-refractivity contribution is 0.423. The molecule has 0 radical (unpaired) electrons. The molecule has 2 aromatic carbocycles. The Balaban J connectivity index is 1.74. The first kappa shape index (κ1) is 13.3. The quantitative estimate of drug-likeness (QED) is 0.912. The molecule has 104 valence electrons. The molecule has 1 nitrogen and oxygen atoms in total. The highest BCUT2D eigenvalue weighted by Crippen LogP contribution is 2.29. The minimum atomic E-state index is -0.504. The van der Waals surface area contributed by atoms with E-state index in [-0.39, 0.29) is 23.9 Å². The minimum Gasteiger partial charge on any atom is -0.327 e. The number of fused-ring (bicyclic) bond motifs is 1. The molecule has 0 amide bonds. The Morgan fingerprint density at radius 3 is 2.05 bits per heavy atom. The van der Waals surface area contributed by atoms with Crippen molar-refractivity contribution in [2.45, 2.75) is 25.3 Å². The van der Waals surface area contributed by atoms with Gasteiger partial charge in [0.1, 0.15) is 11.6 Å². The van der Waals surface area contributed by atoms with Gasteiger partial charge in [-0.3, -0.25) is 0 Å². The van der Waals surface area contributed by atoms with Crippen molar-refractivity contribution in [2.75, 3.05) is 0 Å². The van der Waals surface area contributed by atoms with E-state index in [1.165, 1.54) is 29.3 Å². The number of nitrogens with two attached hydrogens (primary N) is 1. The number of benzene rings is 2. The first-order chi connectivity index (χ1) is 9.65. The monoisotopic (exact) mass is 273 g/mol. The molecule has 20 heavy (non-hydrogen) atoms. The second-order valence-corrected chi connectivity index (χ2v) is 5.51. The lowest BCUT2D eigenvalue weighted by Crippen LogP contribution is -2.33.